The molecule has 112 valence electrons. The van der Waals surface area contributed by atoms with Crippen LogP contribution in [0, 0.1) is 6.92 Å². The number of benzene rings is 1. The molecule has 0 bridgehead atoms. The Kier molecular flexibility index (Phi) is 4.65. The van der Waals surface area contributed by atoms with Crippen LogP contribution in [0.1, 0.15) is 20.8 Å². The largest absolute Gasteiger partial charge is 0.416 e. The number of aryl methyl sites for hydroxylation is 1. The van der Waals surface area contributed by atoms with E-state index in [0.29, 0.717) is 4.88 Å². The monoisotopic (exact) mass is 397 g/mol. The van der Waals surface area contributed by atoms with Gasteiger partial charge in [-0.15, -0.1) is 11.3 Å². The van der Waals surface area contributed by atoms with Crippen LogP contribution in [0.4, 0.5) is 18.9 Å². The van der Waals surface area contributed by atoms with Gasteiger partial charge in [0.25, 0.3) is 5.91 Å². The smallest absolute Gasteiger partial charge is 0.321 e. The summed E-state index contributed by atoms with van der Waals surface area (Å²) in [5.41, 5.74) is -0.0249. The second-order valence-corrected chi connectivity index (χ2v) is 7.05. The first-order chi connectivity index (χ1) is 9.66. The normalized spacial score (nSPS) is 11.5. The van der Waals surface area contributed by atoms with Crippen molar-refractivity contribution in [3.8, 4) is 0 Å². The number of nitrogens with one attached hydrogen (secondary N) is 1. The third kappa shape index (κ3) is 3.99. The maximum absolute atomic E-state index is 12.7. The third-order valence-corrected chi connectivity index (χ3v) is 4.92. The van der Waals surface area contributed by atoms with E-state index in [-0.39, 0.29) is 10.7 Å². The van der Waals surface area contributed by atoms with Gasteiger partial charge in [-0.3, -0.25) is 4.79 Å². The average Bonchev–Trinajstić information content (AvgIpc) is 2.68. The Morgan fingerprint density at radius 3 is 2.48 bits per heavy atom. The van der Waals surface area contributed by atoms with E-state index in [1.807, 2.05) is 6.92 Å². The van der Waals surface area contributed by atoms with E-state index in [4.69, 9.17) is 11.6 Å². The van der Waals surface area contributed by atoms with Gasteiger partial charge in [0.15, 0.2) is 0 Å². The topological polar surface area (TPSA) is 29.1 Å². The van der Waals surface area contributed by atoms with Crippen LogP contribution in [0.25, 0.3) is 0 Å². The Morgan fingerprint density at radius 1 is 1.29 bits per heavy atom. The van der Waals surface area contributed by atoms with E-state index < -0.39 is 17.6 Å². The first kappa shape index (κ1) is 16.3. The highest BCUT2D eigenvalue weighted by atomic mass is 79.9. The van der Waals surface area contributed by atoms with Gasteiger partial charge < -0.3 is 5.32 Å². The highest BCUT2D eigenvalue weighted by Gasteiger charge is 2.31. The Hall–Kier alpha value is -1.05. The van der Waals surface area contributed by atoms with Crippen LogP contribution in [0.15, 0.2) is 28.1 Å². The number of hydrogen-bond acceptors (Lipinski definition) is 2. The maximum atomic E-state index is 12.7. The lowest BCUT2D eigenvalue weighted by Crippen LogP contribution is -2.12. The van der Waals surface area contributed by atoms with Crippen molar-refractivity contribution in [1.29, 1.82) is 0 Å². The number of rotatable bonds is 2. The number of hydrogen-bond donors (Lipinski definition) is 1. The van der Waals surface area contributed by atoms with Crippen LogP contribution < -0.4 is 5.32 Å². The molecule has 0 atom stereocenters. The first-order valence-corrected chi connectivity index (χ1v) is 7.60. The van der Waals surface area contributed by atoms with Crippen LogP contribution in [0.2, 0.25) is 5.02 Å². The fraction of sp³-hybridized carbons (Fsp3) is 0.154. The van der Waals surface area contributed by atoms with Crippen LogP contribution in [0.3, 0.4) is 0 Å². The van der Waals surface area contributed by atoms with E-state index in [1.54, 1.807) is 6.07 Å². The molecule has 1 aromatic heterocycles. The average molecular weight is 399 g/mol. The summed E-state index contributed by atoms with van der Waals surface area (Å²) in [6, 6.07) is 4.58. The standard InChI is InChI=1S/C13H8BrClF3NOS/c1-6-2-10(21-11(6)14)12(20)19-9-4-7(13(16,17)18)3-8(15)5-9/h2-5H,1H3,(H,19,20). The van der Waals surface area contributed by atoms with Gasteiger partial charge in [-0.25, -0.2) is 0 Å². The maximum Gasteiger partial charge on any atom is 0.416 e. The Labute approximate surface area is 136 Å². The van der Waals surface area contributed by atoms with Crippen molar-refractivity contribution < 1.29 is 18.0 Å². The minimum atomic E-state index is -4.52. The highest BCUT2D eigenvalue weighted by molar-refractivity contribution is 9.11. The van der Waals surface area contributed by atoms with E-state index in [1.165, 1.54) is 17.4 Å². The van der Waals surface area contributed by atoms with Gasteiger partial charge in [0.05, 0.1) is 14.2 Å². The molecule has 0 aliphatic carbocycles. The lowest BCUT2D eigenvalue weighted by Gasteiger charge is -2.10. The Balaban J connectivity index is 2.27. The molecule has 2 rings (SSSR count). The van der Waals surface area contributed by atoms with Gasteiger partial charge in [0.2, 0.25) is 0 Å². The van der Waals surface area contributed by atoms with Crippen molar-refractivity contribution in [3.05, 3.63) is 49.1 Å². The lowest BCUT2D eigenvalue weighted by molar-refractivity contribution is -0.137. The van der Waals surface area contributed by atoms with Crippen LogP contribution >= 0.6 is 38.9 Å². The molecule has 0 aliphatic heterocycles. The zero-order valence-electron chi connectivity index (χ0n) is 10.5. The van der Waals surface area contributed by atoms with Gasteiger partial charge >= 0.3 is 6.18 Å². The number of halogens is 5. The lowest BCUT2D eigenvalue weighted by atomic mass is 10.2. The van der Waals surface area contributed by atoms with Crippen LogP contribution in [-0.2, 0) is 6.18 Å². The molecule has 1 N–H and O–H groups in total. The second-order valence-electron chi connectivity index (χ2n) is 4.25. The van der Waals surface area contributed by atoms with Gasteiger partial charge in [-0.1, -0.05) is 11.6 Å². The summed E-state index contributed by atoms with van der Waals surface area (Å²) in [5, 5.41) is 2.32. The molecule has 8 heteroatoms. The molecular weight excluding hydrogens is 391 g/mol. The Morgan fingerprint density at radius 2 is 1.95 bits per heavy atom. The number of alkyl halides is 3. The zero-order chi connectivity index (χ0) is 15.8. The number of anilines is 1. The van der Waals surface area contributed by atoms with Crippen LogP contribution in [0.5, 0.6) is 0 Å². The first-order valence-electron chi connectivity index (χ1n) is 5.62. The van der Waals surface area contributed by atoms with E-state index in [9.17, 15) is 18.0 Å². The molecule has 1 heterocycles. The second kappa shape index (κ2) is 5.98. The summed E-state index contributed by atoms with van der Waals surface area (Å²) in [7, 11) is 0. The molecule has 2 aromatic rings. The highest BCUT2D eigenvalue weighted by Crippen LogP contribution is 2.34. The summed E-state index contributed by atoms with van der Waals surface area (Å²) in [6.07, 6.45) is -4.52. The number of amides is 1. The molecule has 1 aromatic carbocycles. The van der Waals surface area contributed by atoms with E-state index in [2.05, 4.69) is 21.2 Å². The van der Waals surface area contributed by atoms with Crippen molar-refractivity contribution >= 4 is 50.5 Å². The summed E-state index contributed by atoms with van der Waals surface area (Å²) in [6.45, 7) is 1.82. The minimum Gasteiger partial charge on any atom is -0.321 e. The Bertz CT molecular complexity index is 680. The number of carbonyl (C=O) groups is 1. The van der Waals surface area contributed by atoms with Gasteiger partial charge in [0, 0.05) is 10.7 Å². The molecule has 0 fully saturated rings. The summed E-state index contributed by atoms with van der Waals surface area (Å²) in [4.78, 5) is 12.4. The minimum absolute atomic E-state index is 0.00185. The van der Waals surface area contributed by atoms with Crippen molar-refractivity contribution in [2.75, 3.05) is 5.32 Å². The summed E-state index contributed by atoms with van der Waals surface area (Å²) in [5.74, 6) is -0.482. The zero-order valence-corrected chi connectivity index (χ0v) is 13.7. The molecule has 0 saturated heterocycles. The third-order valence-electron chi connectivity index (χ3n) is 2.56. The van der Waals surface area contributed by atoms with Crippen molar-refractivity contribution in [1.82, 2.24) is 0 Å². The molecule has 2 nitrogen and oxygen atoms in total. The fourth-order valence-electron chi connectivity index (χ4n) is 1.59. The van der Waals surface area contributed by atoms with Crippen LogP contribution in [-0.4, -0.2) is 5.91 Å². The fourth-order valence-corrected chi connectivity index (χ4v) is 3.26. The van der Waals surface area contributed by atoms with Gasteiger partial charge in [-0.05, 0) is 52.7 Å². The van der Waals surface area contributed by atoms with Gasteiger partial charge in [0.1, 0.15) is 0 Å². The molecule has 0 radical (unpaired) electrons. The predicted molar refractivity (Wildman–Crippen MR) is 81.2 cm³/mol. The molecule has 0 saturated carbocycles. The molecule has 0 spiro atoms. The predicted octanol–water partition coefficient (Wildman–Crippen LogP) is 5.74. The van der Waals surface area contributed by atoms with Crippen molar-refractivity contribution in [2.45, 2.75) is 13.1 Å². The van der Waals surface area contributed by atoms with Gasteiger partial charge in [-0.2, -0.15) is 13.2 Å². The van der Waals surface area contributed by atoms with Crippen molar-refractivity contribution in [3.63, 3.8) is 0 Å². The SMILES string of the molecule is Cc1cc(C(=O)Nc2cc(Cl)cc(C(F)(F)F)c2)sc1Br. The molecule has 0 aliphatic rings. The molecule has 21 heavy (non-hydrogen) atoms. The molecule has 1 amide bonds. The number of thiophene rings is 1. The summed E-state index contributed by atoms with van der Waals surface area (Å²) < 4.78 is 38.9. The van der Waals surface area contributed by atoms with E-state index >= 15 is 0 Å². The van der Waals surface area contributed by atoms with E-state index in [0.717, 1.165) is 21.5 Å². The van der Waals surface area contributed by atoms with Crippen molar-refractivity contribution in [2.24, 2.45) is 0 Å². The summed E-state index contributed by atoms with van der Waals surface area (Å²) >= 11 is 10.2. The number of carbonyl (C=O) groups excluding carboxylic acids is 1. The quantitative estimate of drug-likeness (QED) is 0.686. The molecule has 0 unspecified atom stereocenters. The molecular formula is C13H8BrClF3NOS.